The third-order valence-corrected chi connectivity index (χ3v) is 2.65. The summed E-state index contributed by atoms with van der Waals surface area (Å²) in [6.45, 7) is 5.58. The SMILES string of the molecule is Cc1ncccc1Oc1nc(C)c(C)nc1Cl. The lowest BCUT2D eigenvalue weighted by molar-refractivity contribution is 0.452. The molecule has 0 bridgehead atoms. The minimum absolute atomic E-state index is 0.261. The number of ether oxygens (including phenoxy) is 1. The maximum Gasteiger partial charge on any atom is 0.257 e. The highest BCUT2D eigenvalue weighted by molar-refractivity contribution is 6.30. The molecule has 0 radical (unpaired) electrons. The fourth-order valence-electron chi connectivity index (χ4n) is 1.30. The van der Waals surface area contributed by atoms with Gasteiger partial charge in [0.05, 0.1) is 17.1 Å². The smallest absolute Gasteiger partial charge is 0.257 e. The van der Waals surface area contributed by atoms with Gasteiger partial charge in [-0.25, -0.2) is 9.97 Å². The Bertz CT molecular complexity index is 557. The van der Waals surface area contributed by atoms with Crippen LogP contribution in [0.3, 0.4) is 0 Å². The van der Waals surface area contributed by atoms with Crippen LogP contribution in [-0.4, -0.2) is 15.0 Å². The van der Waals surface area contributed by atoms with Crippen LogP contribution >= 0.6 is 11.6 Å². The molecule has 0 aliphatic rings. The van der Waals surface area contributed by atoms with Crippen LogP contribution in [0, 0.1) is 20.8 Å². The Labute approximate surface area is 105 Å². The zero-order valence-electron chi connectivity index (χ0n) is 9.86. The van der Waals surface area contributed by atoms with E-state index in [1.54, 1.807) is 12.3 Å². The molecule has 88 valence electrons. The first-order chi connectivity index (χ1) is 8.08. The van der Waals surface area contributed by atoms with Crippen LogP contribution < -0.4 is 4.74 Å². The molecule has 0 aromatic carbocycles. The molecule has 5 heteroatoms. The van der Waals surface area contributed by atoms with Crippen LogP contribution in [0.25, 0.3) is 0 Å². The number of hydrogen-bond donors (Lipinski definition) is 0. The van der Waals surface area contributed by atoms with Crippen molar-refractivity contribution in [1.82, 2.24) is 15.0 Å². The Hall–Kier alpha value is -1.68. The molecule has 2 aromatic heterocycles. The maximum atomic E-state index is 5.98. The van der Waals surface area contributed by atoms with Gasteiger partial charge in [0.1, 0.15) is 0 Å². The number of halogens is 1. The molecule has 2 aromatic rings. The zero-order chi connectivity index (χ0) is 12.4. The topological polar surface area (TPSA) is 47.9 Å². The second kappa shape index (κ2) is 4.67. The van der Waals surface area contributed by atoms with Crippen molar-refractivity contribution < 1.29 is 4.74 Å². The van der Waals surface area contributed by atoms with Gasteiger partial charge in [0.15, 0.2) is 10.9 Å². The zero-order valence-corrected chi connectivity index (χ0v) is 10.6. The molecule has 0 aliphatic heterocycles. The van der Waals surface area contributed by atoms with Crippen molar-refractivity contribution in [1.29, 1.82) is 0 Å². The number of hydrogen-bond acceptors (Lipinski definition) is 4. The van der Waals surface area contributed by atoms with Crippen molar-refractivity contribution >= 4 is 11.6 Å². The van der Waals surface area contributed by atoms with Gasteiger partial charge in [-0.05, 0) is 32.9 Å². The number of rotatable bonds is 2. The number of pyridine rings is 1. The molecule has 4 nitrogen and oxygen atoms in total. The van der Waals surface area contributed by atoms with Gasteiger partial charge >= 0.3 is 0 Å². The summed E-state index contributed by atoms with van der Waals surface area (Å²) in [7, 11) is 0. The van der Waals surface area contributed by atoms with Gasteiger partial charge in [0.2, 0.25) is 0 Å². The standard InChI is InChI=1S/C12H12ClN3O/c1-7-8(2)16-12(11(13)15-7)17-10-5-4-6-14-9(10)3/h4-6H,1-3H3. The Balaban J connectivity index is 2.37. The Morgan fingerprint density at radius 3 is 2.47 bits per heavy atom. The van der Waals surface area contributed by atoms with Crippen molar-refractivity contribution in [2.75, 3.05) is 0 Å². The molecule has 0 fully saturated rings. The predicted octanol–water partition coefficient (Wildman–Crippen LogP) is 3.24. The van der Waals surface area contributed by atoms with Gasteiger partial charge in [-0.3, -0.25) is 4.98 Å². The summed E-state index contributed by atoms with van der Waals surface area (Å²) in [6, 6.07) is 3.61. The molecule has 17 heavy (non-hydrogen) atoms. The second-order valence-corrected chi connectivity index (χ2v) is 4.04. The molecule has 0 aliphatic carbocycles. The molecule has 0 saturated carbocycles. The molecule has 0 unspecified atom stereocenters. The van der Waals surface area contributed by atoms with Gasteiger partial charge in [0.25, 0.3) is 5.88 Å². The Morgan fingerprint density at radius 2 is 1.76 bits per heavy atom. The van der Waals surface area contributed by atoms with E-state index in [2.05, 4.69) is 15.0 Å². The summed E-state index contributed by atoms with van der Waals surface area (Å²) in [5.41, 5.74) is 2.37. The lowest BCUT2D eigenvalue weighted by Crippen LogP contribution is -1.98. The highest BCUT2D eigenvalue weighted by Crippen LogP contribution is 2.27. The molecule has 0 N–H and O–H groups in total. The normalized spacial score (nSPS) is 10.4. The minimum atomic E-state index is 0.261. The lowest BCUT2D eigenvalue weighted by Gasteiger charge is -2.09. The van der Waals surface area contributed by atoms with E-state index in [4.69, 9.17) is 16.3 Å². The van der Waals surface area contributed by atoms with Gasteiger partial charge in [-0.15, -0.1) is 0 Å². The van der Waals surface area contributed by atoms with Crippen LogP contribution in [0.15, 0.2) is 18.3 Å². The van der Waals surface area contributed by atoms with E-state index in [1.807, 2.05) is 26.8 Å². The maximum absolute atomic E-state index is 5.98. The van der Waals surface area contributed by atoms with Crippen molar-refractivity contribution in [3.8, 4) is 11.6 Å². The summed E-state index contributed by atoms with van der Waals surface area (Å²) in [5.74, 6) is 0.942. The first kappa shape index (κ1) is 11.8. The predicted molar refractivity (Wildman–Crippen MR) is 65.6 cm³/mol. The van der Waals surface area contributed by atoms with Gasteiger partial charge < -0.3 is 4.74 Å². The van der Waals surface area contributed by atoms with E-state index in [9.17, 15) is 0 Å². The van der Waals surface area contributed by atoms with Gasteiger partial charge in [0, 0.05) is 6.20 Å². The van der Waals surface area contributed by atoms with Crippen molar-refractivity contribution in [3.63, 3.8) is 0 Å². The third kappa shape index (κ3) is 2.53. The summed E-state index contributed by atoms with van der Waals surface area (Å²) < 4.78 is 5.61. The molecule has 0 amide bonds. The van der Waals surface area contributed by atoms with E-state index in [0.717, 1.165) is 17.1 Å². The van der Waals surface area contributed by atoms with Crippen molar-refractivity contribution in [3.05, 3.63) is 40.6 Å². The van der Waals surface area contributed by atoms with Crippen LogP contribution in [-0.2, 0) is 0 Å². The van der Waals surface area contributed by atoms with E-state index in [1.165, 1.54) is 0 Å². The quantitative estimate of drug-likeness (QED) is 0.820. The molecular weight excluding hydrogens is 238 g/mol. The average molecular weight is 250 g/mol. The number of aromatic nitrogens is 3. The number of aryl methyl sites for hydroxylation is 3. The molecule has 0 saturated heterocycles. The Morgan fingerprint density at radius 1 is 1.06 bits per heavy atom. The highest BCUT2D eigenvalue weighted by Gasteiger charge is 2.10. The molecular formula is C12H12ClN3O. The fraction of sp³-hybridized carbons (Fsp3) is 0.250. The first-order valence-corrected chi connectivity index (χ1v) is 5.56. The largest absolute Gasteiger partial charge is 0.434 e. The van der Waals surface area contributed by atoms with Crippen molar-refractivity contribution in [2.45, 2.75) is 20.8 Å². The average Bonchev–Trinajstić information content (AvgIpc) is 2.29. The molecule has 2 heterocycles. The second-order valence-electron chi connectivity index (χ2n) is 3.68. The summed E-state index contributed by atoms with van der Waals surface area (Å²) in [4.78, 5) is 12.5. The third-order valence-electron chi connectivity index (χ3n) is 2.40. The first-order valence-electron chi connectivity index (χ1n) is 5.18. The summed E-state index contributed by atoms with van der Waals surface area (Å²) in [6.07, 6.45) is 1.70. The minimum Gasteiger partial charge on any atom is -0.434 e. The van der Waals surface area contributed by atoms with E-state index in [0.29, 0.717) is 11.6 Å². The van der Waals surface area contributed by atoms with Crippen LogP contribution in [0.4, 0.5) is 0 Å². The van der Waals surface area contributed by atoms with E-state index in [-0.39, 0.29) is 5.15 Å². The van der Waals surface area contributed by atoms with Gasteiger partial charge in [-0.1, -0.05) is 11.6 Å². The fourth-order valence-corrected chi connectivity index (χ4v) is 1.51. The van der Waals surface area contributed by atoms with E-state index < -0.39 is 0 Å². The van der Waals surface area contributed by atoms with Crippen molar-refractivity contribution in [2.24, 2.45) is 0 Å². The summed E-state index contributed by atoms with van der Waals surface area (Å²) in [5, 5.41) is 0.261. The summed E-state index contributed by atoms with van der Waals surface area (Å²) >= 11 is 5.98. The number of nitrogens with zero attached hydrogens (tertiary/aromatic N) is 3. The molecule has 0 atom stereocenters. The highest BCUT2D eigenvalue weighted by atomic mass is 35.5. The monoisotopic (exact) mass is 249 g/mol. The Kier molecular flexibility index (Phi) is 3.24. The van der Waals surface area contributed by atoms with Crippen LogP contribution in [0.5, 0.6) is 11.6 Å². The molecule has 0 spiro atoms. The lowest BCUT2D eigenvalue weighted by atomic mass is 10.3. The molecule has 2 rings (SSSR count). The van der Waals surface area contributed by atoms with Crippen LogP contribution in [0.2, 0.25) is 5.15 Å². The van der Waals surface area contributed by atoms with Gasteiger partial charge in [-0.2, -0.15) is 0 Å². The van der Waals surface area contributed by atoms with E-state index >= 15 is 0 Å². The van der Waals surface area contributed by atoms with Crippen LogP contribution in [0.1, 0.15) is 17.1 Å².